The Morgan fingerprint density at radius 1 is 1.21 bits per heavy atom. The Morgan fingerprint density at radius 3 is 2.46 bits per heavy atom. The molecule has 0 spiro atoms. The molecule has 130 valence electrons. The normalized spacial score (nSPS) is 13.8. The van der Waals surface area contributed by atoms with Gasteiger partial charge in [0.25, 0.3) is 0 Å². The van der Waals surface area contributed by atoms with E-state index in [1.807, 2.05) is 23.7 Å². The van der Waals surface area contributed by atoms with E-state index in [0.29, 0.717) is 12.2 Å². The Labute approximate surface area is 144 Å². The zero-order valence-electron chi connectivity index (χ0n) is 15.1. The van der Waals surface area contributed by atoms with Gasteiger partial charge in [-0.3, -0.25) is 0 Å². The first kappa shape index (κ1) is 18.2. The van der Waals surface area contributed by atoms with Crippen molar-refractivity contribution < 1.29 is 9.53 Å². The van der Waals surface area contributed by atoms with Gasteiger partial charge in [-0.2, -0.15) is 0 Å². The van der Waals surface area contributed by atoms with Gasteiger partial charge in [-0.15, -0.1) is 0 Å². The van der Waals surface area contributed by atoms with Crippen LogP contribution in [0.4, 0.5) is 0 Å². The minimum atomic E-state index is -0.313. The van der Waals surface area contributed by atoms with Gasteiger partial charge in [0.1, 0.15) is 5.69 Å². The number of benzene rings is 1. The van der Waals surface area contributed by atoms with Crippen LogP contribution in [0, 0.1) is 0 Å². The second kappa shape index (κ2) is 8.13. The smallest absolute Gasteiger partial charge is 0.354 e. The number of esters is 1. The van der Waals surface area contributed by atoms with Crippen molar-refractivity contribution in [2.75, 3.05) is 21.2 Å². The number of aromatic nitrogens is 1. The van der Waals surface area contributed by atoms with Gasteiger partial charge in [0.15, 0.2) is 0 Å². The molecule has 0 aliphatic carbocycles. The number of hydrogen-bond acceptors (Lipinski definition) is 4. The van der Waals surface area contributed by atoms with Crippen LogP contribution in [0.1, 0.15) is 34.7 Å². The topological polar surface area (TPSA) is 46.5 Å². The molecule has 0 aliphatic rings. The summed E-state index contributed by atoms with van der Waals surface area (Å²) in [6.45, 7) is 2.87. The number of hydrogen-bond donors (Lipinski definition) is 1. The Hall–Kier alpha value is -2.11. The van der Waals surface area contributed by atoms with Crippen LogP contribution in [0.3, 0.4) is 0 Å². The number of carbonyl (C=O) groups excluding carboxylic acids is 1. The molecule has 24 heavy (non-hydrogen) atoms. The maximum absolute atomic E-state index is 11.7. The zero-order chi connectivity index (χ0) is 17.7. The van der Waals surface area contributed by atoms with Crippen LogP contribution in [0.2, 0.25) is 0 Å². The molecule has 5 heteroatoms. The third-order valence-corrected chi connectivity index (χ3v) is 4.40. The molecule has 1 aromatic carbocycles. The molecule has 2 rings (SSSR count). The molecular formula is C19H27N3O2. The van der Waals surface area contributed by atoms with E-state index >= 15 is 0 Å². The summed E-state index contributed by atoms with van der Waals surface area (Å²) in [7, 11) is 7.47. The van der Waals surface area contributed by atoms with Crippen molar-refractivity contribution in [2.24, 2.45) is 7.05 Å². The van der Waals surface area contributed by atoms with E-state index in [2.05, 4.69) is 55.5 Å². The first-order chi connectivity index (χ1) is 11.5. The van der Waals surface area contributed by atoms with Crippen LogP contribution in [0.25, 0.3) is 0 Å². The van der Waals surface area contributed by atoms with Crippen molar-refractivity contribution >= 4 is 5.97 Å². The highest BCUT2D eigenvalue weighted by molar-refractivity contribution is 5.87. The fourth-order valence-electron chi connectivity index (χ4n) is 3.10. The number of likely N-dealkylation sites (N-methyl/N-ethyl adjacent to an activating group) is 1. The first-order valence-electron chi connectivity index (χ1n) is 8.13. The summed E-state index contributed by atoms with van der Waals surface area (Å²) in [6, 6.07) is 14.8. The van der Waals surface area contributed by atoms with E-state index in [-0.39, 0.29) is 18.1 Å². The minimum Gasteiger partial charge on any atom is -0.464 e. The average molecular weight is 329 g/mol. The van der Waals surface area contributed by atoms with E-state index in [1.54, 1.807) is 6.07 Å². The third kappa shape index (κ3) is 4.04. The van der Waals surface area contributed by atoms with Gasteiger partial charge in [-0.1, -0.05) is 30.3 Å². The van der Waals surface area contributed by atoms with Gasteiger partial charge in [-0.05, 0) is 38.7 Å². The SMILES string of the molecule is COC(=O)c1ccc(CN[C@@H](C)[C@H](c2ccccc2)N(C)C)n1C. The summed E-state index contributed by atoms with van der Waals surface area (Å²) in [5, 5.41) is 3.58. The summed E-state index contributed by atoms with van der Waals surface area (Å²) < 4.78 is 6.67. The second-order valence-corrected chi connectivity index (χ2v) is 6.25. The summed E-state index contributed by atoms with van der Waals surface area (Å²) in [4.78, 5) is 13.9. The predicted octanol–water partition coefficient (Wildman–Crippen LogP) is 2.59. The van der Waals surface area contributed by atoms with Crippen molar-refractivity contribution in [3.05, 3.63) is 59.4 Å². The number of rotatable bonds is 7. The van der Waals surface area contributed by atoms with E-state index in [4.69, 9.17) is 4.74 Å². The van der Waals surface area contributed by atoms with Crippen molar-refractivity contribution in [3.63, 3.8) is 0 Å². The summed E-state index contributed by atoms with van der Waals surface area (Å²) in [6.07, 6.45) is 0. The quantitative estimate of drug-likeness (QED) is 0.793. The Balaban J connectivity index is 2.08. The fourth-order valence-corrected chi connectivity index (χ4v) is 3.10. The van der Waals surface area contributed by atoms with Crippen LogP contribution in [-0.4, -0.2) is 42.7 Å². The zero-order valence-corrected chi connectivity index (χ0v) is 15.1. The lowest BCUT2D eigenvalue weighted by atomic mass is 9.99. The molecule has 0 saturated carbocycles. The van der Waals surface area contributed by atoms with Crippen LogP contribution in [0.15, 0.2) is 42.5 Å². The molecule has 0 fully saturated rings. The highest BCUT2D eigenvalue weighted by Crippen LogP contribution is 2.22. The van der Waals surface area contributed by atoms with E-state index in [9.17, 15) is 4.79 Å². The highest BCUT2D eigenvalue weighted by atomic mass is 16.5. The van der Waals surface area contributed by atoms with Gasteiger partial charge in [0.2, 0.25) is 0 Å². The number of nitrogens with zero attached hydrogens (tertiary/aromatic N) is 2. The monoisotopic (exact) mass is 329 g/mol. The van der Waals surface area contributed by atoms with E-state index in [0.717, 1.165) is 5.69 Å². The molecule has 0 saturated heterocycles. The summed E-state index contributed by atoms with van der Waals surface area (Å²) in [5.41, 5.74) is 2.90. The summed E-state index contributed by atoms with van der Waals surface area (Å²) in [5.74, 6) is -0.313. The lowest BCUT2D eigenvalue weighted by molar-refractivity contribution is 0.0589. The number of carbonyl (C=O) groups is 1. The third-order valence-electron chi connectivity index (χ3n) is 4.40. The molecular weight excluding hydrogens is 302 g/mol. The largest absolute Gasteiger partial charge is 0.464 e. The minimum absolute atomic E-state index is 0.249. The molecule has 1 aromatic heterocycles. The maximum atomic E-state index is 11.7. The Bertz CT molecular complexity index is 665. The van der Waals surface area contributed by atoms with Gasteiger partial charge in [-0.25, -0.2) is 4.79 Å². The van der Waals surface area contributed by atoms with Crippen molar-refractivity contribution in [1.82, 2.24) is 14.8 Å². The molecule has 2 aromatic rings. The van der Waals surface area contributed by atoms with Gasteiger partial charge in [0.05, 0.1) is 7.11 Å². The molecule has 0 unspecified atom stereocenters. The van der Waals surface area contributed by atoms with Crippen LogP contribution >= 0.6 is 0 Å². The van der Waals surface area contributed by atoms with Crippen LogP contribution in [0.5, 0.6) is 0 Å². The molecule has 1 N–H and O–H groups in total. The standard InChI is InChI=1S/C19H27N3O2/c1-14(18(21(2)3)15-9-7-6-8-10-15)20-13-16-11-12-17(22(16)4)19(23)24-5/h6-12,14,18,20H,13H2,1-5H3/t14-,18+/m0/s1. The molecule has 5 nitrogen and oxygen atoms in total. The van der Waals surface area contributed by atoms with Crippen molar-refractivity contribution in [3.8, 4) is 0 Å². The number of ether oxygens (including phenoxy) is 1. The van der Waals surface area contributed by atoms with Gasteiger partial charge >= 0.3 is 5.97 Å². The molecule has 1 heterocycles. The molecule has 2 atom stereocenters. The lowest BCUT2D eigenvalue weighted by Gasteiger charge is -2.31. The fraction of sp³-hybridized carbons (Fsp3) is 0.421. The second-order valence-electron chi connectivity index (χ2n) is 6.25. The van der Waals surface area contributed by atoms with Crippen molar-refractivity contribution in [1.29, 1.82) is 0 Å². The van der Waals surface area contributed by atoms with Gasteiger partial charge < -0.3 is 19.5 Å². The highest BCUT2D eigenvalue weighted by Gasteiger charge is 2.21. The first-order valence-corrected chi connectivity index (χ1v) is 8.13. The molecule has 0 radical (unpaired) electrons. The van der Waals surface area contributed by atoms with Crippen LogP contribution < -0.4 is 5.32 Å². The molecule has 0 bridgehead atoms. The Morgan fingerprint density at radius 2 is 1.88 bits per heavy atom. The molecule has 0 amide bonds. The Kier molecular flexibility index (Phi) is 6.17. The maximum Gasteiger partial charge on any atom is 0.354 e. The van der Waals surface area contributed by atoms with Crippen LogP contribution in [-0.2, 0) is 18.3 Å². The molecule has 0 aliphatic heterocycles. The number of methoxy groups -OCH3 is 1. The van der Waals surface area contributed by atoms with E-state index < -0.39 is 0 Å². The van der Waals surface area contributed by atoms with Gasteiger partial charge in [0, 0.05) is 31.4 Å². The summed E-state index contributed by atoms with van der Waals surface area (Å²) >= 11 is 0. The van der Waals surface area contributed by atoms with E-state index in [1.165, 1.54) is 12.7 Å². The lowest BCUT2D eigenvalue weighted by Crippen LogP contribution is -2.39. The number of nitrogens with one attached hydrogen (secondary N) is 1. The van der Waals surface area contributed by atoms with Crippen molar-refractivity contribution in [2.45, 2.75) is 25.6 Å². The predicted molar refractivity (Wildman–Crippen MR) is 95.9 cm³/mol. The average Bonchev–Trinajstić information content (AvgIpc) is 2.94.